The van der Waals surface area contributed by atoms with Gasteiger partial charge in [0.2, 0.25) is 10.0 Å². The number of sulfonamides is 1. The first-order valence-corrected chi connectivity index (χ1v) is 10.2. The van der Waals surface area contributed by atoms with E-state index in [4.69, 9.17) is 4.74 Å². The Labute approximate surface area is 131 Å². The monoisotopic (exact) mass is 329 g/mol. The Morgan fingerprint density at radius 2 is 2.19 bits per heavy atom. The normalized spacial score (nSPS) is 27.5. The summed E-state index contributed by atoms with van der Waals surface area (Å²) in [6.45, 7) is 3.51. The van der Waals surface area contributed by atoms with Gasteiger partial charge in [-0.05, 0) is 51.2 Å². The van der Waals surface area contributed by atoms with Crippen molar-refractivity contribution in [2.24, 2.45) is 0 Å². The molecule has 4 nitrogen and oxygen atoms in total. The fourth-order valence-corrected chi connectivity index (χ4v) is 6.16. The second kappa shape index (κ2) is 6.36. The molecular formula is C15H23NO3S2. The molecule has 2 aliphatic heterocycles. The predicted octanol–water partition coefficient (Wildman–Crippen LogP) is 3.09. The predicted molar refractivity (Wildman–Crippen MR) is 85.1 cm³/mol. The molecule has 1 aromatic heterocycles. The van der Waals surface area contributed by atoms with Crippen molar-refractivity contribution in [3.8, 4) is 0 Å². The summed E-state index contributed by atoms with van der Waals surface area (Å²) in [7, 11) is -3.18. The summed E-state index contributed by atoms with van der Waals surface area (Å²) in [6.07, 6.45) is 4.74. The lowest BCUT2D eigenvalue weighted by Gasteiger charge is -2.24. The summed E-state index contributed by atoms with van der Waals surface area (Å²) in [5.41, 5.74) is 0. The fourth-order valence-electron chi connectivity index (χ4n) is 3.26. The standard InChI is InChI=1S/C15H23NO3S2/c1-12-6-7-15(20-12)14-5-2-9-16(14)21(17,18)11-8-13-4-3-10-19-13/h6-7,13-14H,2-5,8-11H2,1H3. The Morgan fingerprint density at radius 1 is 1.33 bits per heavy atom. The zero-order valence-electron chi connectivity index (χ0n) is 12.5. The van der Waals surface area contributed by atoms with Crippen LogP contribution >= 0.6 is 11.3 Å². The quantitative estimate of drug-likeness (QED) is 0.834. The molecule has 3 rings (SSSR count). The number of thiophene rings is 1. The zero-order chi connectivity index (χ0) is 14.9. The maximum atomic E-state index is 12.7. The van der Waals surface area contributed by atoms with E-state index in [1.165, 1.54) is 9.75 Å². The third-order valence-corrected chi connectivity index (χ3v) is 7.38. The van der Waals surface area contributed by atoms with E-state index in [1.54, 1.807) is 15.6 Å². The van der Waals surface area contributed by atoms with Crippen molar-refractivity contribution in [3.63, 3.8) is 0 Å². The van der Waals surface area contributed by atoms with Crippen LogP contribution in [0.5, 0.6) is 0 Å². The fraction of sp³-hybridized carbons (Fsp3) is 0.733. The van der Waals surface area contributed by atoms with E-state index in [0.29, 0.717) is 13.0 Å². The molecule has 0 radical (unpaired) electrons. The third kappa shape index (κ3) is 3.50. The summed E-state index contributed by atoms with van der Waals surface area (Å²) in [4.78, 5) is 2.43. The maximum absolute atomic E-state index is 12.7. The molecule has 2 unspecified atom stereocenters. The number of hydrogen-bond acceptors (Lipinski definition) is 4. The van der Waals surface area contributed by atoms with Gasteiger partial charge in [0, 0.05) is 22.9 Å². The van der Waals surface area contributed by atoms with Crippen LogP contribution in [0.4, 0.5) is 0 Å². The van der Waals surface area contributed by atoms with Crippen LogP contribution in [0.1, 0.15) is 47.9 Å². The molecule has 0 aromatic carbocycles. The van der Waals surface area contributed by atoms with Gasteiger partial charge in [0.15, 0.2) is 0 Å². The molecule has 0 aliphatic carbocycles. The van der Waals surface area contributed by atoms with Gasteiger partial charge in [0.05, 0.1) is 17.9 Å². The topological polar surface area (TPSA) is 46.6 Å². The minimum Gasteiger partial charge on any atom is -0.378 e. The van der Waals surface area contributed by atoms with Crippen LogP contribution in [0.3, 0.4) is 0 Å². The first kappa shape index (κ1) is 15.5. The summed E-state index contributed by atoms with van der Waals surface area (Å²) >= 11 is 1.72. The van der Waals surface area contributed by atoms with Gasteiger partial charge >= 0.3 is 0 Å². The van der Waals surface area contributed by atoms with Gasteiger partial charge in [-0.25, -0.2) is 8.42 Å². The van der Waals surface area contributed by atoms with Crippen LogP contribution in [-0.2, 0) is 14.8 Å². The molecule has 2 atom stereocenters. The molecule has 0 spiro atoms. The van der Waals surface area contributed by atoms with E-state index in [0.717, 1.165) is 32.3 Å². The van der Waals surface area contributed by atoms with Crippen LogP contribution in [0.15, 0.2) is 12.1 Å². The number of hydrogen-bond donors (Lipinski definition) is 0. The van der Waals surface area contributed by atoms with Crippen molar-refractivity contribution < 1.29 is 13.2 Å². The first-order valence-electron chi connectivity index (χ1n) is 7.74. The Hall–Kier alpha value is -0.430. The van der Waals surface area contributed by atoms with Crippen molar-refractivity contribution in [1.29, 1.82) is 0 Å². The summed E-state index contributed by atoms with van der Waals surface area (Å²) in [6, 6.07) is 4.21. The SMILES string of the molecule is Cc1ccc(C2CCCN2S(=O)(=O)CCC2CCCO2)s1. The van der Waals surface area contributed by atoms with Gasteiger partial charge in [-0.2, -0.15) is 4.31 Å². The largest absolute Gasteiger partial charge is 0.378 e. The number of rotatable bonds is 5. The highest BCUT2D eigenvalue weighted by Crippen LogP contribution is 2.38. The highest BCUT2D eigenvalue weighted by molar-refractivity contribution is 7.89. The van der Waals surface area contributed by atoms with Gasteiger partial charge in [-0.15, -0.1) is 11.3 Å². The molecule has 2 fully saturated rings. The van der Waals surface area contributed by atoms with Crippen molar-refractivity contribution in [1.82, 2.24) is 4.31 Å². The highest BCUT2D eigenvalue weighted by atomic mass is 32.2. The molecule has 2 aliphatic rings. The molecule has 2 saturated heterocycles. The van der Waals surface area contributed by atoms with Gasteiger partial charge in [0.1, 0.15) is 0 Å². The van der Waals surface area contributed by atoms with Gasteiger partial charge in [-0.1, -0.05) is 0 Å². The van der Waals surface area contributed by atoms with E-state index in [-0.39, 0.29) is 17.9 Å². The van der Waals surface area contributed by atoms with E-state index in [2.05, 4.69) is 19.1 Å². The lowest BCUT2D eigenvalue weighted by atomic mass is 10.2. The van der Waals surface area contributed by atoms with E-state index >= 15 is 0 Å². The highest BCUT2D eigenvalue weighted by Gasteiger charge is 2.36. The molecule has 0 N–H and O–H groups in total. The van der Waals surface area contributed by atoms with Gasteiger partial charge in [-0.3, -0.25) is 0 Å². The van der Waals surface area contributed by atoms with Crippen LogP contribution in [-0.4, -0.2) is 37.7 Å². The average molecular weight is 329 g/mol. The Morgan fingerprint density at radius 3 is 2.86 bits per heavy atom. The smallest absolute Gasteiger partial charge is 0.214 e. The van der Waals surface area contributed by atoms with E-state index in [9.17, 15) is 8.42 Å². The molecule has 0 saturated carbocycles. The Balaban J connectivity index is 1.68. The van der Waals surface area contributed by atoms with E-state index in [1.807, 2.05) is 0 Å². The Kier molecular flexibility index (Phi) is 4.69. The van der Waals surface area contributed by atoms with Crippen molar-refractivity contribution >= 4 is 21.4 Å². The number of nitrogens with zero attached hydrogens (tertiary/aromatic N) is 1. The minimum atomic E-state index is -3.18. The van der Waals surface area contributed by atoms with Crippen LogP contribution in [0, 0.1) is 6.92 Å². The molecule has 118 valence electrons. The second-order valence-corrected chi connectivity index (χ2v) is 9.32. The number of ether oxygens (including phenoxy) is 1. The minimum absolute atomic E-state index is 0.0539. The lowest BCUT2D eigenvalue weighted by Crippen LogP contribution is -2.33. The summed E-state index contributed by atoms with van der Waals surface area (Å²) in [5, 5.41) is 0. The van der Waals surface area contributed by atoms with Crippen molar-refractivity contribution in [2.45, 2.75) is 51.2 Å². The maximum Gasteiger partial charge on any atom is 0.214 e. The molecule has 21 heavy (non-hydrogen) atoms. The molecule has 0 bridgehead atoms. The zero-order valence-corrected chi connectivity index (χ0v) is 14.1. The van der Waals surface area contributed by atoms with Crippen molar-refractivity contribution in [3.05, 3.63) is 21.9 Å². The van der Waals surface area contributed by atoms with Crippen LogP contribution in [0.25, 0.3) is 0 Å². The number of aryl methyl sites for hydroxylation is 1. The molecule has 1 aromatic rings. The van der Waals surface area contributed by atoms with Gasteiger partial charge < -0.3 is 4.74 Å². The van der Waals surface area contributed by atoms with Gasteiger partial charge in [0.25, 0.3) is 0 Å². The summed E-state index contributed by atoms with van der Waals surface area (Å²) < 4.78 is 32.6. The summed E-state index contributed by atoms with van der Waals surface area (Å²) in [5.74, 6) is 0.221. The second-order valence-electron chi connectivity index (χ2n) is 5.96. The molecular weight excluding hydrogens is 306 g/mol. The average Bonchev–Trinajstić information content (AvgIpc) is 3.17. The third-order valence-electron chi connectivity index (χ3n) is 4.37. The van der Waals surface area contributed by atoms with Crippen LogP contribution in [0.2, 0.25) is 0 Å². The Bertz CT molecular complexity index is 575. The first-order chi connectivity index (χ1) is 10.1. The van der Waals surface area contributed by atoms with Crippen molar-refractivity contribution in [2.75, 3.05) is 18.9 Å². The van der Waals surface area contributed by atoms with E-state index < -0.39 is 10.0 Å². The molecule has 6 heteroatoms. The molecule has 3 heterocycles. The lowest BCUT2D eigenvalue weighted by molar-refractivity contribution is 0.108. The van der Waals surface area contributed by atoms with Crippen LogP contribution < -0.4 is 0 Å². The molecule has 0 amide bonds.